The second-order valence-electron chi connectivity index (χ2n) is 2.00. The van der Waals surface area contributed by atoms with E-state index >= 15 is 0 Å². The average molecular weight is 140 g/mol. The first-order valence-corrected chi connectivity index (χ1v) is 3.15. The summed E-state index contributed by atoms with van der Waals surface area (Å²) in [7, 11) is 0. The van der Waals surface area contributed by atoms with Crippen molar-refractivity contribution in [3.8, 4) is 0 Å². The number of aliphatic hydroxyl groups is 1. The Bertz CT molecular complexity index is 138. The summed E-state index contributed by atoms with van der Waals surface area (Å²) >= 11 is 0. The molecule has 0 fully saturated rings. The Balaban J connectivity index is 3.68. The molecule has 1 atom stereocenters. The monoisotopic (exact) mass is 140 g/mol. The highest BCUT2D eigenvalue weighted by Gasteiger charge is 2.09. The predicted octanol–water partition coefficient (Wildman–Crippen LogP) is 1.07. The summed E-state index contributed by atoms with van der Waals surface area (Å²) < 4.78 is 0. The Morgan fingerprint density at radius 1 is 1.50 bits per heavy atom. The third-order valence-corrected chi connectivity index (χ3v) is 1.11. The van der Waals surface area contributed by atoms with E-state index in [9.17, 15) is 4.79 Å². The minimum atomic E-state index is -0.893. The maximum atomic E-state index is 10.8. The van der Waals surface area contributed by atoms with Crippen LogP contribution in [0, 0.1) is 0 Å². The normalized spacial score (nSPS) is 12.1. The third kappa shape index (κ3) is 3.20. The molecule has 0 aromatic carbocycles. The van der Waals surface area contributed by atoms with Crippen LogP contribution in [-0.2, 0) is 4.79 Å². The van der Waals surface area contributed by atoms with E-state index in [4.69, 9.17) is 5.11 Å². The van der Waals surface area contributed by atoms with Gasteiger partial charge >= 0.3 is 0 Å². The maximum Gasteiger partial charge on any atom is 0.165 e. The Hall–Kier alpha value is -0.890. The Morgan fingerprint density at radius 3 is 2.50 bits per heavy atom. The quantitative estimate of drug-likeness (QED) is 0.580. The highest BCUT2D eigenvalue weighted by atomic mass is 16.3. The van der Waals surface area contributed by atoms with Crippen molar-refractivity contribution in [3.63, 3.8) is 0 Å². The Labute approximate surface area is 60.9 Å². The lowest BCUT2D eigenvalue weighted by atomic mass is 10.1. The van der Waals surface area contributed by atoms with Crippen molar-refractivity contribution in [2.75, 3.05) is 0 Å². The van der Waals surface area contributed by atoms with Crippen LogP contribution in [0.3, 0.4) is 0 Å². The second-order valence-corrected chi connectivity index (χ2v) is 2.00. The maximum absolute atomic E-state index is 10.8. The van der Waals surface area contributed by atoms with E-state index in [0.29, 0.717) is 6.42 Å². The smallest absolute Gasteiger partial charge is 0.165 e. The molecule has 56 valence electrons. The molecule has 1 unspecified atom stereocenters. The number of hydrogen-bond acceptors (Lipinski definition) is 2. The van der Waals surface area contributed by atoms with Crippen molar-refractivity contribution in [1.29, 1.82) is 0 Å². The summed E-state index contributed by atoms with van der Waals surface area (Å²) in [6.07, 6.45) is 2.66. The zero-order valence-electron chi connectivity index (χ0n) is 5.92. The summed E-state index contributed by atoms with van der Waals surface area (Å²) in [6.45, 7) is 6.79. The molecule has 2 heteroatoms. The Morgan fingerprint density at radius 2 is 2.10 bits per heavy atom. The molecule has 0 aromatic rings. The van der Waals surface area contributed by atoms with Crippen molar-refractivity contribution in [1.82, 2.24) is 0 Å². The van der Waals surface area contributed by atoms with Gasteiger partial charge in [0.2, 0.25) is 0 Å². The fourth-order valence-electron chi connectivity index (χ4n) is 0.568. The second kappa shape index (κ2) is 4.94. The van der Waals surface area contributed by atoms with Crippen LogP contribution in [0.2, 0.25) is 0 Å². The molecule has 0 saturated carbocycles. The molecule has 0 aliphatic heterocycles. The highest BCUT2D eigenvalue weighted by molar-refractivity contribution is 5.84. The molecule has 0 aliphatic rings. The van der Waals surface area contributed by atoms with Gasteiger partial charge in [-0.05, 0) is 6.42 Å². The van der Waals surface area contributed by atoms with Gasteiger partial charge in [-0.3, -0.25) is 4.79 Å². The number of aliphatic hydroxyl groups excluding tert-OH is 1. The van der Waals surface area contributed by atoms with E-state index in [-0.39, 0.29) is 12.2 Å². The molecule has 0 radical (unpaired) electrons. The van der Waals surface area contributed by atoms with E-state index < -0.39 is 6.10 Å². The Kier molecular flexibility index (Phi) is 4.50. The topological polar surface area (TPSA) is 37.3 Å². The number of rotatable bonds is 5. The van der Waals surface area contributed by atoms with Crippen LogP contribution in [0.4, 0.5) is 0 Å². The molecule has 2 nitrogen and oxygen atoms in total. The lowest BCUT2D eigenvalue weighted by Gasteiger charge is -2.02. The van der Waals surface area contributed by atoms with Gasteiger partial charge in [-0.2, -0.15) is 0 Å². The van der Waals surface area contributed by atoms with Gasteiger partial charge in [0.25, 0.3) is 0 Å². The molecule has 0 bridgehead atoms. The number of carbonyl (C=O) groups is 1. The molecule has 0 saturated heterocycles. The van der Waals surface area contributed by atoms with Crippen LogP contribution >= 0.6 is 0 Å². The van der Waals surface area contributed by atoms with Gasteiger partial charge in [-0.15, -0.1) is 13.2 Å². The predicted molar refractivity (Wildman–Crippen MR) is 40.6 cm³/mol. The standard InChI is InChI=1S/C8H12O2/c1-3-5-7(9)8(10)6-4-2/h3-4,7,9H,1-2,5-6H2. The molecule has 0 rings (SSSR count). The van der Waals surface area contributed by atoms with Gasteiger partial charge in [0.15, 0.2) is 5.78 Å². The van der Waals surface area contributed by atoms with E-state index in [1.165, 1.54) is 12.2 Å². The van der Waals surface area contributed by atoms with Crippen molar-refractivity contribution in [2.45, 2.75) is 18.9 Å². The number of carbonyl (C=O) groups excluding carboxylic acids is 1. The van der Waals surface area contributed by atoms with E-state index in [1.807, 2.05) is 0 Å². The SMILES string of the molecule is C=CCC(=O)C(O)CC=C. The zero-order valence-corrected chi connectivity index (χ0v) is 5.92. The lowest BCUT2D eigenvalue weighted by molar-refractivity contribution is -0.126. The lowest BCUT2D eigenvalue weighted by Crippen LogP contribution is -2.18. The van der Waals surface area contributed by atoms with Gasteiger partial charge in [-0.25, -0.2) is 0 Å². The fourth-order valence-corrected chi connectivity index (χ4v) is 0.568. The molecule has 1 N–H and O–H groups in total. The van der Waals surface area contributed by atoms with Crippen LogP contribution in [0.25, 0.3) is 0 Å². The minimum absolute atomic E-state index is 0.199. The number of Topliss-reactive ketones (excluding diaryl/α,β-unsaturated/α-hetero) is 1. The molecular formula is C8H12O2. The van der Waals surface area contributed by atoms with Gasteiger partial charge < -0.3 is 5.11 Å². The van der Waals surface area contributed by atoms with Crippen LogP contribution in [0.5, 0.6) is 0 Å². The van der Waals surface area contributed by atoms with Crippen LogP contribution in [0.15, 0.2) is 25.3 Å². The number of hydrogen-bond donors (Lipinski definition) is 1. The first kappa shape index (κ1) is 9.11. The molecular weight excluding hydrogens is 128 g/mol. The first-order valence-electron chi connectivity index (χ1n) is 3.15. The first-order chi connectivity index (χ1) is 4.72. The summed E-state index contributed by atoms with van der Waals surface area (Å²) in [6, 6.07) is 0. The van der Waals surface area contributed by atoms with Crippen molar-refractivity contribution in [3.05, 3.63) is 25.3 Å². The van der Waals surface area contributed by atoms with Crippen LogP contribution < -0.4 is 0 Å². The van der Waals surface area contributed by atoms with Gasteiger partial charge in [0, 0.05) is 6.42 Å². The molecule has 0 amide bonds. The summed E-state index contributed by atoms with van der Waals surface area (Å²) in [5.41, 5.74) is 0. The van der Waals surface area contributed by atoms with Crippen molar-refractivity contribution >= 4 is 5.78 Å². The zero-order chi connectivity index (χ0) is 7.98. The molecule has 0 aromatic heterocycles. The highest BCUT2D eigenvalue weighted by Crippen LogP contribution is 1.97. The minimum Gasteiger partial charge on any atom is -0.385 e. The van der Waals surface area contributed by atoms with Crippen molar-refractivity contribution < 1.29 is 9.90 Å². The fraction of sp³-hybridized carbons (Fsp3) is 0.375. The summed E-state index contributed by atoms with van der Waals surface area (Å²) in [5, 5.41) is 8.98. The van der Waals surface area contributed by atoms with Crippen LogP contribution in [-0.4, -0.2) is 17.0 Å². The summed E-state index contributed by atoms with van der Waals surface area (Å²) in [4.78, 5) is 10.8. The third-order valence-electron chi connectivity index (χ3n) is 1.11. The molecule has 10 heavy (non-hydrogen) atoms. The van der Waals surface area contributed by atoms with Crippen molar-refractivity contribution in [2.24, 2.45) is 0 Å². The number of ketones is 1. The number of allylic oxidation sites excluding steroid dienone is 1. The molecule has 0 spiro atoms. The van der Waals surface area contributed by atoms with Crippen LogP contribution in [0.1, 0.15) is 12.8 Å². The summed E-state index contributed by atoms with van der Waals surface area (Å²) in [5.74, 6) is -0.199. The van der Waals surface area contributed by atoms with Gasteiger partial charge in [0.1, 0.15) is 6.10 Å². The molecule has 0 heterocycles. The largest absolute Gasteiger partial charge is 0.385 e. The van der Waals surface area contributed by atoms with E-state index in [0.717, 1.165) is 0 Å². The molecule has 0 aliphatic carbocycles. The average Bonchev–Trinajstić information content (AvgIpc) is 1.89. The van der Waals surface area contributed by atoms with Gasteiger partial charge in [-0.1, -0.05) is 12.2 Å². The van der Waals surface area contributed by atoms with E-state index in [1.54, 1.807) is 0 Å². The van der Waals surface area contributed by atoms with E-state index in [2.05, 4.69) is 13.2 Å². The van der Waals surface area contributed by atoms with Gasteiger partial charge in [0.05, 0.1) is 0 Å².